The summed E-state index contributed by atoms with van der Waals surface area (Å²) in [5.41, 5.74) is 1.27. The summed E-state index contributed by atoms with van der Waals surface area (Å²) in [5, 5.41) is 14.5. The summed E-state index contributed by atoms with van der Waals surface area (Å²) in [6, 6.07) is 0.386. The molecule has 102 valence electrons. The van der Waals surface area contributed by atoms with Crippen LogP contribution in [-0.4, -0.2) is 48.3 Å². The lowest BCUT2D eigenvalue weighted by Gasteiger charge is -2.24. The number of hydrogen-bond donors (Lipinski definition) is 2. The van der Waals surface area contributed by atoms with Gasteiger partial charge in [-0.2, -0.15) is 0 Å². The van der Waals surface area contributed by atoms with Gasteiger partial charge >= 0.3 is 0 Å². The van der Waals surface area contributed by atoms with Gasteiger partial charge in [-0.3, -0.25) is 0 Å². The van der Waals surface area contributed by atoms with Gasteiger partial charge in [0.2, 0.25) is 0 Å². The Bertz CT molecular complexity index is 392. The van der Waals surface area contributed by atoms with Gasteiger partial charge in [-0.1, -0.05) is 0 Å². The minimum absolute atomic E-state index is 0.306. The van der Waals surface area contributed by atoms with Gasteiger partial charge in [-0.05, 0) is 40.3 Å². The molecular weight excluding hydrogens is 246 g/mol. The highest BCUT2D eigenvalue weighted by Gasteiger charge is 2.23. The normalized spacial score (nSPS) is 21.1. The van der Waals surface area contributed by atoms with E-state index in [4.69, 9.17) is 0 Å². The number of likely N-dealkylation sites (N-methyl/N-ethyl adjacent to an activating group) is 1. The molecule has 1 aromatic heterocycles. The molecule has 1 aliphatic carbocycles. The lowest BCUT2D eigenvalue weighted by atomic mass is 9.98. The Labute approximate surface area is 113 Å². The summed E-state index contributed by atoms with van der Waals surface area (Å²) < 4.78 is 0. The van der Waals surface area contributed by atoms with Crippen LogP contribution in [0.5, 0.6) is 0 Å². The fourth-order valence-corrected chi connectivity index (χ4v) is 3.58. The second-order valence-electron chi connectivity index (χ2n) is 5.31. The topological polar surface area (TPSA) is 48.4 Å². The molecular formula is C13H23N3OS. The van der Waals surface area contributed by atoms with Gasteiger partial charge < -0.3 is 15.3 Å². The molecule has 0 aromatic carbocycles. The summed E-state index contributed by atoms with van der Waals surface area (Å²) in [5.74, 6) is 0. The monoisotopic (exact) mass is 269 g/mol. The van der Waals surface area contributed by atoms with E-state index in [0.29, 0.717) is 19.1 Å². The first-order valence-corrected chi connectivity index (χ1v) is 7.40. The van der Waals surface area contributed by atoms with E-state index in [1.807, 2.05) is 19.0 Å². The fourth-order valence-electron chi connectivity index (χ4n) is 2.50. The number of thiazole rings is 1. The Morgan fingerprint density at radius 1 is 1.56 bits per heavy atom. The molecule has 2 atom stereocenters. The predicted octanol–water partition coefficient (Wildman–Crippen LogP) is 1.34. The van der Waals surface area contributed by atoms with Crippen LogP contribution in [0.25, 0.3) is 0 Å². The van der Waals surface area contributed by atoms with Crippen molar-refractivity contribution in [3.63, 3.8) is 0 Å². The summed E-state index contributed by atoms with van der Waals surface area (Å²) in [4.78, 5) is 7.98. The first kappa shape index (κ1) is 13.9. The molecule has 0 aliphatic heterocycles. The van der Waals surface area contributed by atoms with Gasteiger partial charge in [-0.25, -0.2) is 4.98 Å². The molecule has 2 rings (SSSR count). The van der Waals surface area contributed by atoms with E-state index in [1.165, 1.54) is 17.0 Å². The standard InChI is InChI=1S/C13H23N3OS/c1-9-15-12-6-4-5-11(13(12)18-9)14-7-10(17)8-16(2)3/h10-11,14,17H,4-8H2,1-3H3. The maximum Gasteiger partial charge on any atom is 0.0900 e. The highest BCUT2D eigenvalue weighted by Crippen LogP contribution is 2.33. The van der Waals surface area contributed by atoms with Crippen molar-refractivity contribution in [1.82, 2.24) is 15.2 Å². The van der Waals surface area contributed by atoms with Crippen LogP contribution in [-0.2, 0) is 6.42 Å². The molecule has 0 fully saturated rings. The largest absolute Gasteiger partial charge is 0.390 e. The second kappa shape index (κ2) is 6.10. The first-order valence-electron chi connectivity index (χ1n) is 6.58. The summed E-state index contributed by atoms with van der Waals surface area (Å²) >= 11 is 1.80. The zero-order chi connectivity index (χ0) is 13.1. The van der Waals surface area contributed by atoms with E-state index in [2.05, 4.69) is 17.2 Å². The van der Waals surface area contributed by atoms with Crippen LogP contribution in [0.2, 0.25) is 0 Å². The van der Waals surface area contributed by atoms with Crippen molar-refractivity contribution in [3.05, 3.63) is 15.6 Å². The minimum Gasteiger partial charge on any atom is -0.390 e. The second-order valence-corrected chi connectivity index (χ2v) is 6.55. The molecule has 0 radical (unpaired) electrons. The molecule has 0 saturated carbocycles. The highest BCUT2D eigenvalue weighted by molar-refractivity contribution is 7.11. The molecule has 0 bridgehead atoms. The van der Waals surface area contributed by atoms with Crippen molar-refractivity contribution in [2.75, 3.05) is 27.2 Å². The van der Waals surface area contributed by atoms with Crippen LogP contribution >= 0.6 is 11.3 Å². The molecule has 1 heterocycles. The molecule has 1 aliphatic rings. The van der Waals surface area contributed by atoms with Crippen LogP contribution in [0.15, 0.2) is 0 Å². The van der Waals surface area contributed by atoms with E-state index in [9.17, 15) is 5.11 Å². The van der Waals surface area contributed by atoms with Gasteiger partial charge in [0, 0.05) is 24.0 Å². The molecule has 5 heteroatoms. The zero-order valence-electron chi connectivity index (χ0n) is 11.4. The smallest absolute Gasteiger partial charge is 0.0900 e. The van der Waals surface area contributed by atoms with E-state index in [0.717, 1.165) is 17.8 Å². The van der Waals surface area contributed by atoms with Crippen molar-refractivity contribution in [2.24, 2.45) is 0 Å². The number of nitrogens with one attached hydrogen (secondary N) is 1. The van der Waals surface area contributed by atoms with E-state index in [-0.39, 0.29) is 6.10 Å². The third-order valence-corrected chi connectivity index (χ3v) is 4.36. The summed E-state index contributed by atoms with van der Waals surface area (Å²) in [7, 11) is 3.96. The molecule has 0 saturated heterocycles. The van der Waals surface area contributed by atoms with Gasteiger partial charge in [-0.15, -0.1) is 11.3 Å². The number of aryl methyl sites for hydroxylation is 2. The van der Waals surface area contributed by atoms with Gasteiger partial charge in [0.25, 0.3) is 0 Å². The zero-order valence-corrected chi connectivity index (χ0v) is 12.3. The van der Waals surface area contributed by atoms with Crippen molar-refractivity contribution in [2.45, 2.75) is 38.3 Å². The van der Waals surface area contributed by atoms with Crippen LogP contribution < -0.4 is 5.32 Å². The molecule has 18 heavy (non-hydrogen) atoms. The van der Waals surface area contributed by atoms with Gasteiger partial charge in [0.1, 0.15) is 0 Å². The average molecular weight is 269 g/mol. The van der Waals surface area contributed by atoms with Crippen molar-refractivity contribution >= 4 is 11.3 Å². The molecule has 2 unspecified atom stereocenters. The number of aliphatic hydroxyl groups excluding tert-OH is 1. The number of hydrogen-bond acceptors (Lipinski definition) is 5. The van der Waals surface area contributed by atoms with Crippen LogP contribution in [0, 0.1) is 6.92 Å². The maximum atomic E-state index is 9.89. The van der Waals surface area contributed by atoms with E-state index >= 15 is 0 Å². The maximum absolute atomic E-state index is 9.89. The quantitative estimate of drug-likeness (QED) is 0.847. The van der Waals surface area contributed by atoms with Crippen molar-refractivity contribution in [3.8, 4) is 0 Å². The van der Waals surface area contributed by atoms with E-state index in [1.54, 1.807) is 11.3 Å². The number of rotatable bonds is 5. The summed E-state index contributed by atoms with van der Waals surface area (Å²) in [6.45, 7) is 3.43. The SMILES string of the molecule is Cc1nc2c(s1)C(NCC(O)CN(C)C)CCC2. The fraction of sp³-hybridized carbons (Fsp3) is 0.769. The highest BCUT2D eigenvalue weighted by atomic mass is 32.1. The van der Waals surface area contributed by atoms with E-state index < -0.39 is 0 Å². The lowest BCUT2D eigenvalue weighted by Crippen LogP contribution is -2.37. The molecule has 1 aromatic rings. The summed E-state index contributed by atoms with van der Waals surface area (Å²) in [6.07, 6.45) is 3.15. The van der Waals surface area contributed by atoms with Crippen LogP contribution in [0.1, 0.15) is 34.5 Å². The molecule has 0 amide bonds. The van der Waals surface area contributed by atoms with Gasteiger partial charge in [0.15, 0.2) is 0 Å². The minimum atomic E-state index is -0.306. The number of aliphatic hydroxyl groups is 1. The predicted molar refractivity (Wildman–Crippen MR) is 75.1 cm³/mol. The van der Waals surface area contributed by atoms with Crippen LogP contribution in [0.4, 0.5) is 0 Å². The molecule has 2 N–H and O–H groups in total. The molecule has 0 spiro atoms. The van der Waals surface area contributed by atoms with Crippen LogP contribution in [0.3, 0.4) is 0 Å². The Morgan fingerprint density at radius 2 is 2.33 bits per heavy atom. The third-order valence-electron chi connectivity index (χ3n) is 3.23. The number of aromatic nitrogens is 1. The number of nitrogens with zero attached hydrogens (tertiary/aromatic N) is 2. The third kappa shape index (κ3) is 3.51. The van der Waals surface area contributed by atoms with Gasteiger partial charge in [0.05, 0.1) is 16.8 Å². The Kier molecular flexibility index (Phi) is 4.72. The molecule has 4 nitrogen and oxygen atoms in total. The average Bonchev–Trinajstić information content (AvgIpc) is 2.66. The Hall–Kier alpha value is -0.490. The van der Waals surface area contributed by atoms with Crippen molar-refractivity contribution in [1.29, 1.82) is 0 Å². The lowest BCUT2D eigenvalue weighted by molar-refractivity contribution is 0.130. The van der Waals surface area contributed by atoms with Crippen molar-refractivity contribution < 1.29 is 5.11 Å². The Morgan fingerprint density at radius 3 is 3.06 bits per heavy atom. The first-order chi connectivity index (χ1) is 8.56. The Balaban J connectivity index is 1.91. The number of fused-ring (bicyclic) bond motifs is 1.